The number of hydrogen-bond acceptors (Lipinski definition) is 10. The average molecular weight is 553 g/mol. The predicted molar refractivity (Wildman–Crippen MR) is 142 cm³/mol. The molecule has 2 atom stereocenters. The molecule has 0 unspecified atom stereocenters. The van der Waals surface area contributed by atoms with Crippen LogP contribution in [0.15, 0.2) is 59.8 Å². The van der Waals surface area contributed by atoms with Crippen LogP contribution < -0.4 is 5.32 Å². The number of carbonyl (C=O) groups excluding carboxylic acids is 3. The number of ether oxygens (including phenoxy) is 2. The van der Waals surface area contributed by atoms with Gasteiger partial charge in [-0.3, -0.25) is 9.69 Å². The highest BCUT2D eigenvalue weighted by Crippen LogP contribution is 2.40. The van der Waals surface area contributed by atoms with Gasteiger partial charge in [-0.2, -0.15) is 0 Å². The monoisotopic (exact) mass is 552 g/mol. The smallest absolute Gasteiger partial charge is 0.408 e. The van der Waals surface area contributed by atoms with Crippen LogP contribution >= 0.6 is 34.4 Å². The minimum atomic E-state index is -0.784. The maximum Gasteiger partial charge on any atom is 0.408 e. The second-order valence-corrected chi connectivity index (χ2v) is 11.8. The standard InChI is InChI=1S/C25H20N4O5S3/c1-13-12-35-23-20(28-25(32)34-11-19-27-15-7-3-5-9-17(15)37-19)22(30)29(23)21(13)24(31)33-10-18-26-14-6-2-4-8-16(14)36-18/h2-9,20,23H,10-12H2,1H3,(H,28,32)/t20-,23-/m1/s1. The Morgan fingerprint density at radius 3 is 2.19 bits per heavy atom. The molecule has 0 spiro atoms. The summed E-state index contributed by atoms with van der Waals surface area (Å²) in [5.41, 5.74) is 2.68. The number of aromatic nitrogens is 2. The van der Waals surface area contributed by atoms with Crippen molar-refractivity contribution in [3.05, 3.63) is 69.8 Å². The summed E-state index contributed by atoms with van der Waals surface area (Å²) in [6, 6.07) is 14.6. The van der Waals surface area contributed by atoms with Gasteiger partial charge in [0.15, 0.2) is 0 Å². The molecule has 0 bridgehead atoms. The molecule has 2 aliphatic rings. The van der Waals surface area contributed by atoms with E-state index in [4.69, 9.17) is 9.47 Å². The zero-order valence-corrected chi connectivity index (χ0v) is 22.0. The highest BCUT2D eigenvalue weighted by molar-refractivity contribution is 8.00. The largest absolute Gasteiger partial charge is 0.454 e. The van der Waals surface area contributed by atoms with Gasteiger partial charge in [0, 0.05) is 5.75 Å². The van der Waals surface area contributed by atoms with Gasteiger partial charge in [0.05, 0.1) is 20.4 Å². The first kappa shape index (κ1) is 23.9. The molecule has 2 aromatic carbocycles. The molecule has 2 amide bonds. The second-order valence-electron chi connectivity index (χ2n) is 8.46. The van der Waals surface area contributed by atoms with Crippen molar-refractivity contribution in [2.45, 2.75) is 31.6 Å². The summed E-state index contributed by atoms with van der Waals surface area (Å²) in [6.45, 7) is 1.84. The van der Waals surface area contributed by atoms with Gasteiger partial charge >= 0.3 is 12.1 Å². The minimum Gasteiger partial charge on any atom is -0.454 e. The fourth-order valence-corrected chi connectivity index (χ4v) is 7.27. The highest BCUT2D eigenvalue weighted by Gasteiger charge is 2.54. The van der Waals surface area contributed by atoms with Gasteiger partial charge in [-0.25, -0.2) is 19.6 Å². The third-order valence-corrected chi connectivity index (χ3v) is 9.40. The topological polar surface area (TPSA) is 111 Å². The number of rotatable bonds is 6. The van der Waals surface area contributed by atoms with Crippen LogP contribution in [-0.4, -0.2) is 50.0 Å². The van der Waals surface area contributed by atoms with E-state index in [2.05, 4.69) is 15.3 Å². The van der Waals surface area contributed by atoms with Crippen LogP contribution in [0.5, 0.6) is 0 Å². The maximum absolute atomic E-state index is 13.0. The van der Waals surface area contributed by atoms with Crippen molar-refractivity contribution in [3.63, 3.8) is 0 Å². The van der Waals surface area contributed by atoms with Gasteiger partial charge in [0.25, 0.3) is 5.91 Å². The predicted octanol–water partition coefficient (Wildman–Crippen LogP) is 4.43. The van der Waals surface area contributed by atoms with Crippen molar-refractivity contribution in [2.24, 2.45) is 0 Å². The van der Waals surface area contributed by atoms with Gasteiger partial charge in [0.1, 0.15) is 40.3 Å². The van der Waals surface area contributed by atoms with Crippen molar-refractivity contribution in [2.75, 3.05) is 5.75 Å². The summed E-state index contributed by atoms with van der Waals surface area (Å²) in [6.07, 6.45) is -0.705. The molecule has 0 saturated carbocycles. The van der Waals surface area contributed by atoms with Crippen LogP contribution in [0.25, 0.3) is 20.4 Å². The average Bonchev–Trinajstić information content (AvgIpc) is 3.52. The Labute approximate surface area is 223 Å². The summed E-state index contributed by atoms with van der Waals surface area (Å²) < 4.78 is 12.9. The summed E-state index contributed by atoms with van der Waals surface area (Å²) in [5.74, 6) is -0.411. The molecule has 1 saturated heterocycles. The number of nitrogens with one attached hydrogen (secondary N) is 1. The maximum atomic E-state index is 13.0. The Morgan fingerprint density at radius 1 is 0.973 bits per heavy atom. The summed E-state index contributed by atoms with van der Waals surface area (Å²) in [7, 11) is 0. The highest BCUT2D eigenvalue weighted by atomic mass is 32.2. The molecule has 0 radical (unpaired) electrons. The van der Waals surface area contributed by atoms with E-state index in [0.717, 1.165) is 26.0 Å². The van der Waals surface area contributed by atoms with Crippen LogP contribution in [-0.2, 0) is 32.3 Å². The molecule has 9 nitrogen and oxygen atoms in total. The number of thiazole rings is 2. The first-order chi connectivity index (χ1) is 18.0. The number of β-lactam (4-membered cyclic amide) rings is 1. The quantitative estimate of drug-likeness (QED) is 0.276. The fourth-order valence-electron chi connectivity index (χ4n) is 4.22. The zero-order chi connectivity index (χ0) is 25.5. The van der Waals surface area contributed by atoms with E-state index in [1.165, 1.54) is 39.3 Å². The van der Waals surface area contributed by atoms with E-state index in [9.17, 15) is 14.4 Å². The second kappa shape index (κ2) is 9.77. The van der Waals surface area contributed by atoms with Crippen molar-refractivity contribution in [3.8, 4) is 0 Å². The van der Waals surface area contributed by atoms with Gasteiger partial charge < -0.3 is 14.8 Å². The number of para-hydroxylation sites is 2. The van der Waals surface area contributed by atoms with E-state index in [-0.39, 0.29) is 24.8 Å². The summed E-state index contributed by atoms with van der Waals surface area (Å²) in [4.78, 5) is 48.7. The summed E-state index contributed by atoms with van der Waals surface area (Å²) >= 11 is 4.39. The van der Waals surface area contributed by atoms with E-state index >= 15 is 0 Å². The van der Waals surface area contributed by atoms with E-state index in [1.807, 2.05) is 48.5 Å². The lowest BCUT2D eigenvalue weighted by atomic mass is 10.0. The van der Waals surface area contributed by atoms with Crippen molar-refractivity contribution >= 4 is 72.8 Å². The lowest BCUT2D eigenvalue weighted by Gasteiger charge is -2.49. The molecule has 12 heteroatoms. The third-order valence-electron chi connectivity index (χ3n) is 5.96. The number of amides is 2. The number of thioether (sulfide) groups is 1. The SMILES string of the molecule is CC1=C(C(=O)OCc2nc3ccccc3s2)N2C(=O)[C@@H](NC(=O)OCc3nc4ccccc4s3)[C@H]2SC1. The number of esters is 1. The van der Waals surface area contributed by atoms with Crippen LogP contribution in [0, 0.1) is 0 Å². The molecule has 2 aliphatic heterocycles. The fraction of sp³-hybridized carbons (Fsp3) is 0.240. The lowest BCUT2D eigenvalue weighted by molar-refractivity contribution is -0.152. The molecule has 1 N–H and O–H groups in total. The molecular formula is C25H20N4O5S3. The lowest BCUT2D eigenvalue weighted by Crippen LogP contribution is -2.70. The number of fused-ring (bicyclic) bond motifs is 3. The first-order valence-electron chi connectivity index (χ1n) is 11.4. The first-order valence-corrected chi connectivity index (χ1v) is 14.1. The van der Waals surface area contributed by atoms with Gasteiger partial charge in [-0.1, -0.05) is 24.3 Å². The molecule has 2 aromatic heterocycles. The molecule has 37 heavy (non-hydrogen) atoms. The number of carbonyl (C=O) groups is 3. The third kappa shape index (κ3) is 4.56. The molecule has 188 valence electrons. The Bertz CT molecular complexity index is 1510. The minimum absolute atomic E-state index is 0.00989. The Hall–Kier alpha value is -3.48. The van der Waals surface area contributed by atoms with Crippen molar-refractivity contribution in [1.82, 2.24) is 20.2 Å². The van der Waals surface area contributed by atoms with Crippen molar-refractivity contribution < 1.29 is 23.9 Å². The zero-order valence-electron chi connectivity index (χ0n) is 19.5. The van der Waals surface area contributed by atoms with Crippen LogP contribution in [0.1, 0.15) is 16.9 Å². The number of alkyl carbamates (subject to hydrolysis) is 1. The van der Waals surface area contributed by atoms with Gasteiger partial charge in [0.2, 0.25) is 0 Å². The number of benzene rings is 2. The van der Waals surface area contributed by atoms with E-state index < -0.39 is 23.5 Å². The molecule has 6 rings (SSSR count). The van der Waals surface area contributed by atoms with E-state index in [1.54, 1.807) is 6.92 Å². The molecular weight excluding hydrogens is 532 g/mol. The van der Waals surface area contributed by atoms with Crippen LogP contribution in [0.2, 0.25) is 0 Å². The van der Waals surface area contributed by atoms with Crippen LogP contribution in [0.3, 0.4) is 0 Å². The molecule has 4 aromatic rings. The summed E-state index contributed by atoms with van der Waals surface area (Å²) in [5, 5.41) is 3.58. The number of nitrogens with zero attached hydrogens (tertiary/aromatic N) is 3. The van der Waals surface area contributed by atoms with Gasteiger partial charge in [-0.05, 0) is 36.8 Å². The molecule has 4 heterocycles. The number of hydrogen-bond donors (Lipinski definition) is 1. The van der Waals surface area contributed by atoms with Crippen LogP contribution in [0.4, 0.5) is 4.79 Å². The Balaban J connectivity index is 1.06. The van der Waals surface area contributed by atoms with Crippen molar-refractivity contribution in [1.29, 1.82) is 0 Å². The Morgan fingerprint density at radius 2 is 1.57 bits per heavy atom. The molecule has 0 aliphatic carbocycles. The molecule has 1 fully saturated rings. The van der Waals surface area contributed by atoms with E-state index in [0.29, 0.717) is 15.8 Å². The Kier molecular flexibility index (Phi) is 6.31. The van der Waals surface area contributed by atoms with Gasteiger partial charge in [-0.15, -0.1) is 34.4 Å². The normalized spacial score (nSPS) is 19.1.